The molecule has 1 unspecified atom stereocenters. The lowest BCUT2D eigenvalue weighted by atomic mass is 9.97. The standard InChI is InChI=1S/C13H18N4O2S/c1-13(14-2,11(18)19)7-5-9-20-12-16-15-10-6-3-4-8-17(10)12/h3-4,6,8,14H,5,7,9H2,1-2H3,(H,18,19). The van der Waals surface area contributed by atoms with Crippen molar-refractivity contribution in [2.24, 2.45) is 0 Å². The maximum atomic E-state index is 11.2. The number of likely N-dealkylation sites (N-methyl/N-ethyl adjacent to an activating group) is 1. The Balaban J connectivity index is 1.89. The van der Waals surface area contributed by atoms with Crippen LogP contribution in [0.4, 0.5) is 0 Å². The molecule has 2 rings (SSSR count). The van der Waals surface area contributed by atoms with Crippen LogP contribution in [-0.4, -0.2) is 44.0 Å². The number of nitrogens with one attached hydrogen (secondary N) is 1. The maximum absolute atomic E-state index is 11.2. The van der Waals surface area contributed by atoms with Gasteiger partial charge in [0.05, 0.1) is 0 Å². The third kappa shape index (κ3) is 3.10. The lowest BCUT2D eigenvalue weighted by Crippen LogP contribution is -2.47. The zero-order valence-corrected chi connectivity index (χ0v) is 12.4. The van der Waals surface area contributed by atoms with Crippen molar-refractivity contribution in [1.82, 2.24) is 19.9 Å². The number of aromatic nitrogens is 3. The predicted octanol–water partition coefficient (Wildman–Crippen LogP) is 1.66. The topological polar surface area (TPSA) is 79.5 Å². The van der Waals surface area contributed by atoms with E-state index in [4.69, 9.17) is 5.11 Å². The highest BCUT2D eigenvalue weighted by Gasteiger charge is 2.30. The Morgan fingerprint density at radius 1 is 1.50 bits per heavy atom. The number of nitrogens with zero attached hydrogens (tertiary/aromatic N) is 3. The fourth-order valence-corrected chi connectivity index (χ4v) is 2.71. The van der Waals surface area contributed by atoms with E-state index in [0.29, 0.717) is 6.42 Å². The summed E-state index contributed by atoms with van der Waals surface area (Å²) in [5, 5.41) is 21.1. The monoisotopic (exact) mass is 294 g/mol. The van der Waals surface area contributed by atoms with Crippen molar-refractivity contribution in [3.05, 3.63) is 24.4 Å². The predicted molar refractivity (Wildman–Crippen MR) is 78.0 cm³/mol. The Hall–Kier alpha value is -1.60. The number of rotatable bonds is 7. The molecule has 0 aliphatic rings. The Morgan fingerprint density at radius 3 is 3.00 bits per heavy atom. The van der Waals surface area contributed by atoms with Crippen molar-refractivity contribution in [1.29, 1.82) is 0 Å². The Bertz CT molecular complexity index is 601. The van der Waals surface area contributed by atoms with Crippen LogP contribution in [0.15, 0.2) is 29.6 Å². The molecular formula is C13H18N4O2S. The van der Waals surface area contributed by atoms with Crippen LogP contribution < -0.4 is 5.32 Å². The van der Waals surface area contributed by atoms with Crippen molar-refractivity contribution in [2.45, 2.75) is 30.5 Å². The Morgan fingerprint density at radius 2 is 2.30 bits per heavy atom. The van der Waals surface area contributed by atoms with Crippen molar-refractivity contribution >= 4 is 23.4 Å². The quantitative estimate of drug-likeness (QED) is 0.597. The molecule has 0 aliphatic heterocycles. The third-order valence-corrected chi connectivity index (χ3v) is 4.39. The molecule has 0 spiro atoms. The second-order valence-corrected chi connectivity index (χ2v) is 5.81. The highest BCUT2D eigenvalue weighted by Crippen LogP contribution is 2.20. The first-order chi connectivity index (χ1) is 9.57. The lowest BCUT2D eigenvalue weighted by Gasteiger charge is -2.23. The molecule has 0 bridgehead atoms. The summed E-state index contributed by atoms with van der Waals surface area (Å²) in [6.45, 7) is 1.70. The van der Waals surface area contributed by atoms with E-state index in [2.05, 4.69) is 15.5 Å². The van der Waals surface area contributed by atoms with E-state index < -0.39 is 11.5 Å². The van der Waals surface area contributed by atoms with Gasteiger partial charge in [0.15, 0.2) is 10.8 Å². The van der Waals surface area contributed by atoms with Crippen LogP contribution in [0.3, 0.4) is 0 Å². The first kappa shape index (κ1) is 14.8. The third-order valence-electron chi connectivity index (χ3n) is 3.36. The molecule has 0 amide bonds. The molecule has 6 nitrogen and oxygen atoms in total. The second kappa shape index (κ2) is 6.23. The Kier molecular flexibility index (Phi) is 4.61. The van der Waals surface area contributed by atoms with Crippen molar-refractivity contribution in [3.63, 3.8) is 0 Å². The molecule has 108 valence electrons. The fraction of sp³-hybridized carbons (Fsp3) is 0.462. The van der Waals surface area contributed by atoms with Gasteiger partial charge in [0.2, 0.25) is 0 Å². The number of fused-ring (bicyclic) bond motifs is 1. The van der Waals surface area contributed by atoms with Crippen LogP contribution in [0.1, 0.15) is 19.8 Å². The summed E-state index contributed by atoms with van der Waals surface area (Å²) in [7, 11) is 1.67. The first-order valence-corrected chi connectivity index (χ1v) is 7.40. The number of carboxylic acids is 1. The van der Waals surface area contributed by atoms with Crippen LogP contribution in [0.2, 0.25) is 0 Å². The minimum absolute atomic E-state index is 0.572. The molecular weight excluding hydrogens is 276 g/mol. The number of hydrogen-bond acceptors (Lipinski definition) is 5. The van der Waals surface area contributed by atoms with Gasteiger partial charge in [-0.3, -0.25) is 9.20 Å². The SMILES string of the molecule is CNC(C)(CCCSc1nnc2ccccn12)C(=O)O. The van der Waals surface area contributed by atoms with E-state index in [-0.39, 0.29) is 0 Å². The van der Waals surface area contributed by atoms with Crippen LogP contribution in [0, 0.1) is 0 Å². The van der Waals surface area contributed by atoms with Crippen LogP contribution >= 0.6 is 11.8 Å². The van der Waals surface area contributed by atoms with E-state index in [1.54, 1.807) is 25.7 Å². The summed E-state index contributed by atoms with van der Waals surface area (Å²) >= 11 is 1.59. The van der Waals surface area contributed by atoms with Gasteiger partial charge in [-0.15, -0.1) is 10.2 Å². The number of hydrogen-bond donors (Lipinski definition) is 2. The largest absolute Gasteiger partial charge is 0.480 e. The molecule has 0 saturated carbocycles. The summed E-state index contributed by atoms with van der Waals surface area (Å²) in [6, 6.07) is 5.76. The molecule has 0 aromatic carbocycles. The molecule has 0 aliphatic carbocycles. The highest BCUT2D eigenvalue weighted by atomic mass is 32.2. The van der Waals surface area contributed by atoms with E-state index in [1.165, 1.54) is 0 Å². The molecule has 2 aromatic heterocycles. The van der Waals surface area contributed by atoms with Crippen molar-refractivity contribution < 1.29 is 9.90 Å². The number of pyridine rings is 1. The summed E-state index contributed by atoms with van der Waals surface area (Å²) in [6.07, 6.45) is 3.28. The molecule has 2 aromatic rings. The number of aliphatic carboxylic acids is 1. The fourth-order valence-electron chi connectivity index (χ4n) is 1.85. The molecule has 2 N–H and O–H groups in total. The van der Waals surface area contributed by atoms with Gasteiger partial charge in [0, 0.05) is 11.9 Å². The second-order valence-electron chi connectivity index (χ2n) is 4.75. The van der Waals surface area contributed by atoms with E-state index in [9.17, 15) is 4.79 Å². The molecule has 7 heteroatoms. The first-order valence-electron chi connectivity index (χ1n) is 6.42. The maximum Gasteiger partial charge on any atom is 0.323 e. The molecule has 1 atom stereocenters. The number of carboxylic acid groups (broad SMARTS) is 1. The zero-order chi connectivity index (χ0) is 14.6. The zero-order valence-electron chi connectivity index (χ0n) is 11.5. The number of thioether (sulfide) groups is 1. The van der Waals surface area contributed by atoms with Gasteiger partial charge < -0.3 is 10.4 Å². The lowest BCUT2D eigenvalue weighted by molar-refractivity contribution is -0.144. The van der Waals surface area contributed by atoms with Gasteiger partial charge in [-0.2, -0.15) is 0 Å². The number of carbonyl (C=O) groups is 1. The van der Waals surface area contributed by atoms with E-state index >= 15 is 0 Å². The van der Waals surface area contributed by atoms with Gasteiger partial charge in [-0.05, 0) is 38.9 Å². The minimum Gasteiger partial charge on any atom is -0.480 e. The molecule has 0 saturated heterocycles. The summed E-state index contributed by atoms with van der Waals surface area (Å²) in [5.74, 6) is -0.0156. The van der Waals surface area contributed by atoms with Gasteiger partial charge in [0.25, 0.3) is 0 Å². The van der Waals surface area contributed by atoms with Crippen LogP contribution in [-0.2, 0) is 4.79 Å². The average molecular weight is 294 g/mol. The smallest absolute Gasteiger partial charge is 0.323 e. The van der Waals surface area contributed by atoms with E-state index in [1.807, 2.05) is 28.8 Å². The normalized spacial score (nSPS) is 14.3. The van der Waals surface area contributed by atoms with Gasteiger partial charge >= 0.3 is 5.97 Å². The van der Waals surface area contributed by atoms with Crippen LogP contribution in [0.25, 0.3) is 5.65 Å². The summed E-state index contributed by atoms with van der Waals surface area (Å²) in [5.41, 5.74) is -0.0476. The van der Waals surface area contributed by atoms with Crippen molar-refractivity contribution in [2.75, 3.05) is 12.8 Å². The molecule has 20 heavy (non-hydrogen) atoms. The molecule has 0 fully saturated rings. The van der Waals surface area contributed by atoms with Crippen LogP contribution in [0.5, 0.6) is 0 Å². The highest BCUT2D eigenvalue weighted by molar-refractivity contribution is 7.99. The van der Waals surface area contributed by atoms with Gasteiger partial charge in [0.1, 0.15) is 5.54 Å². The Labute approximate surface area is 121 Å². The molecule has 2 heterocycles. The van der Waals surface area contributed by atoms with E-state index in [0.717, 1.165) is 23.0 Å². The van der Waals surface area contributed by atoms with Gasteiger partial charge in [-0.25, -0.2) is 0 Å². The molecule has 0 radical (unpaired) electrons. The van der Waals surface area contributed by atoms with Gasteiger partial charge in [-0.1, -0.05) is 17.8 Å². The summed E-state index contributed by atoms with van der Waals surface area (Å²) < 4.78 is 1.93. The average Bonchev–Trinajstić information content (AvgIpc) is 2.86. The van der Waals surface area contributed by atoms with Crippen molar-refractivity contribution in [3.8, 4) is 0 Å². The minimum atomic E-state index is -0.868. The summed E-state index contributed by atoms with van der Waals surface area (Å²) in [4.78, 5) is 11.2.